The van der Waals surface area contributed by atoms with E-state index in [-0.39, 0.29) is 24.7 Å². The van der Waals surface area contributed by atoms with Crippen molar-refractivity contribution in [3.05, 3.63) is 29.8 Å². The largest absolute Gasteiger partial charge is 0.324 e. The number of rotatable bonds is 2. The summed E-state index contributed by atoms with van der Waals surface area (Å²) in [5.74, 6) is -0.837. The van der Waals surface area contributed by atoms with Crippen LogP contribution in [0.3, 0.4) is 0 Å². The maximum absolute atomic E-state index is 12.2. The van der Waals surface area contributed by atoms with Gasteiger partial charge < -0.3 is 5.73 Å². The number of hydrogen-bond acceptors (Lipinski definition) is 3. The van der Waals surface area contributed by atoms with Crippen LogP contribution in [-0.2, 0) is 0 Å². The predicted molar refractivity (Wildman–Crippen MR) is 44.8 cm³/mol. The average Bonchev–Trinajstić information content (AvgIpc) is 2.05. The van der Waals surface area contributed by atoms with Crippen molar-refractivity contribution in [3.8, 4) is 0 Å². The molecular weight excluding hydrogens is 183 g/mol. The number of pyridine rings is 1. The van der Waals surface area contributed by atoms with E-state index < -0.39 is 5.95 Å². The molecule has 0 saturated carbocycles. The number of Topliss-reactive ketones (excluding diaryl/α,β-unsaturated/α-hetero) is 1. The molecule has 5 heteroatoms. The van der Waals surface area contributed by atoms with Gasteiger partial charge >= 0.3 is 0 Å². The summed E-state index contributed by atoms with van der Waals surface area (Å²) in [6.45, 7) is -0.0761. The molecule has 1 aromatic heterocycles. The number of carbonyl (C=O) groups excluding carboxylic acids is 1. The highest BCUT2D eigenvalue weighted by atomic mass is 35.5. The Kier molecular flexibility index (Phi) is 4.39. The summed E-state index contributed by atoms with van der Waals surface area (Å²) < 4.78 is 12.2. The van der Waals surface area contributed by atoms with Crippen molar-refractivity contribution in [2.45, 2.75) is 0 Å². The van der Waals surface area contributed by atoms with Crippen molar-refractivity contribution in [1.29, 1.82) is 0 Å². The predicted octanol–water partition coefficient (Wildman–Crippen LogP) is 0.784. The van der Waals surface area contributed by atoms with E-state index in [2.05, 4.69) is 4.98 Å². The first kappa shape index (κ1) is 11.0. The zero-order valence-corrected chi connectivity index (χ0v) is 6.97. The van der Waals surface area contributed by atoms with E-state index in [9.17, 15) is 9.18 Å². The maximum Gasteiger partial charge on any atom is 0.212 e. The number of ketones is 1. The molecular formula is C7H8ClFN2O. The molecule has 66 valence electrons. The minimum Gasteiger partial charge on any atom is -0.324 e. The average molecular weight is 191 g/mol. The second-order valence-corrected chi connectivity index (χ2v) is 2.00. The third-order valence-electron chi connectivity index (χ3n) is 1.23. The molecule has 0 radical (unpaired) electrons. The van der Waals surface area contributed by atoms with Crippen LogP contribution in [0.1, 0.15) is 10.4 Å². The van der Waals surface area contributed by atoms with Gasteiger partial charge in [0.1, 0.15) is 0 Å². The van der Waals surface area contributed by atoms with Crippen LogP contribution >= 0.6 is 12.4 Å². The van der Waals surface area contributed by atoms with Crippen LogP contribution in [-0.4, -0.2) is 17.3 Å². The van der Waals surface area contributed by atoms with Crippen molar-refractivity contribution in [3.63, 3.8) is 0 Å². The summed E-state index contributed by atoms with van der Waals surface area (Å²) in [7, 11) is 0. The summed E-state index contributed by atoms with van der Waals surface area (Å²) >= 11 is 0. The summed E-state index contributed by atoms with van der Waals surface area (Å²) in [5.41, 5.74) is 5.41. The number of carbonyl (C=O) groups is 1. The van der Waals surface area contributed by atoms with Crippen molar-refractivity contribution >= 4 is 18.2 Å². The highest BCUT2D eigenvalue weighted by Gasteiger charge is 2.02. The van der Waals surface area contributed by atoms with Gasteiger partial charge in [0.15, 0.2) is 5.78 Å². The van der Waals surface area contributed by atoms with Crippen LogP contribution in [0.15, 0.2) is 18.3 Å². The molecule has 0 bridgehead atoms. The fraction of sp³-hybridized carbons (Fsp3) is 0.143. The van der Waals surface area contributed by atoms with Crippen molar-refractivity contribution in [1.82, 2.24) is 4.98 Å². The lowest BCUT2D eigenvalue weighted by atomic mass is 10.2. The normalized spacial score (nSPS) is 8.83. The lowest BCUT2D eigenvalue weighted by Gasteiger charge is -1.94. The highest BCUT2D eigenvalue weighted by molar-refractivity contribution is 5.97. The van der Waals surface area contributed by atoms with E-state index in [1.165, 1.54) is 12.3 Å². The molecule has 1 aromatic rings. The SMILES string of the molecule is Cl.NCC(=O)c1ccc(F)nc1. The molecule has 2 N–H and O–H groups in total. The highest BCUT2D eigenvalue weighted by Crippen LogP contribution is 1.98. The number of nitrogens with zero attached hydrogens (tertiary/aromatic N) is 1. The van der Waals surface area contributed by atoms with Gasteiger partial charge in [-0.1, -0.05) is 0 Å². The Balaban J connectivity index is 0.00000121. The van der Waals surface area contributed by atoms with E-state index in [0.29, 0.717) is 5.56 Å². The Morgan fingerprint density at radius 2 is 2.25 bits per heavy atom. The number of aromatic nitrogens is 1. The number of nitrogens with two attached hydrogens (primary N) is 1. The quantitative estimate of drug-likeness (QED) is 0.554. The number of hydrogen-bond donors (Lipinski definition) is 1. The second kappa shape index (κ2) is 4.79. The first-order valence-corrected chi connectivity index (χ1v) is 3.09. The maximum atomic E-state index is 12.2. The molecule has 1 heterocycles. The van der Waals surface area contributed by atoms with E-state index in [1.807, 2.05) is 0 Å². The first-order valence-electron chi connectivity index (χ1n) is 3.09. The molecule has 0 amide bonds. The van der Waals surface area contributed by atoms with Crippen LogP contribution in [0, 0.1) is 5.95 Å². The van der Waals surface area contributed by atoms with Gasteiger partial charge in [-0.25, -0.2) is 4.98 Å². The fourth-order valence-electron chi connectivity index (χ4n) is 0.659. The van der Waals surface area contributed by atoms with Crippen LogP contribution in [0.2, 0.25) is 0 Å². The van der Waals surface area contributed by atoms with Gasteiger partial charge in [-0.2, -0.15) is 4.39 Å². The van der Waals surface area contributed by atoms with Crippen LogP contribution < -0.4 is 5.73 Å². The zero-order valence-electron chi connectivity index (χ0n) is 6.16. The Morgan fingerprint density at radius 1 is 1.58 bits per heavy atom. The van der Waals surface area contributed by atoms with Gasteiger partial charge in [0.05, 0.1) is 6.54 Å². The monoisotopic (exact) mass is 190 g/mol. The molecule has 0 fully saturated rings. The smallest absolute Gasteiger partial charge is 0.212 e. The van der Waals surface area contributed by atoms with Gasteiger partial charge in [0.2, 0.25) is 5.95 Å². The molecule has 0 aliphatic heterocycles. The molecule has 0 atom stereocenters. The first-order chi connectivity index (χ1) is 5.24. The van der Waals surface area contributed by atoms with Crippen molar-refractivity contribution < 1.29 is 9.18 Å². The van der Waals surface area contributed by atoms with Gasteiger partial charge in [-0.05, 0) is 12.1 Å². The minimum absolute atomic E-state index is 0. The Labute approximate surface area is 75.2 Å². The lowest BCUT2D eigenvalue weighted by molar-refractivity contribution is 0.100. The van der Waals surface area contributed by atoms with Gasteiger partial charge in [-0.3, -0.25) is 4.79 Å². The zero-order chi connectivity index (χ0) is 8.27. The summed E-state index contributed by atoms with van der Waals surface area (Å²) in [5, 5.41) is 0. The van der Waals surface area contributed by atoms with Crippen LogP contribution in [0.4, 0.5) is 4.39 Å². The molecule has 0 unspecified atom stereocenters. The lowest BCUT2D eigenvalue weighted by Crippen LogP contribution is -2.13. The fourth-order valence-corrected chi connectivity index (χ4v) is 0.659. The summed E-state index contributed by atoms with van der Waals surface area (Å²) in [6, 6.07) is 2.49. The van der Waals surface area contributed by atoms with Gasteiger partial charge in [-0.15, -0.1) is 12.4 Å². The van der Waals surface area contributed by atoms with E-state index in [1.54, 1.807) is 0 Å². The second-order valence-electron chi connectivity index (χ2n) is 2.00. The van der Waals surface area contributed by atoms with Crippen molar-refractivity contribution in [2.75, 3.05) is 6.54 Å². The molecule has 3 nitrogen and oxygen atoms in total. The van der Waals surface area contributed by atoms with Gasteiger partial charge in [0, 0.05) is 11.8 Å². The Hall–Kier alpha value is -1.00. The van der Waals surface area contributed by atoms with Crippen LogP contribution in [0.25, 0.3) is 0 Å². The molecule has 0 aliphatic carbocycles. The number of halogens is 2. The molecule has 0 spiro atoms. The van der Waals surface area contributed by atoms with Crippen LogP contribution in [0.5, 0.6) is 0 Å². The van der Waals surface area contributed by atoms with Crippen molar-refractivity contribution in [2.24, 2.45) is 5.73 Å². The summed E-state index contributed by atoms with van der Waals surface area (Å²) in [6.07, 6.45) is 1.17. The topological polar surface area (TPSA) is 56.0 Å². The molecule has 12 heavy (non-hydrogen) atoms. The van der Waals surface area contributed by atoms with E-state index >= 15 is 0 Å². The molecule has 1 rings (SSSR count). The Morgan fingerprint density at radius 3 is 2.67 bits per heavy atom. The third kappa shape index (κ3) is 2.56. The standard InChI is InChI=1S/C7H7FN2O.ClH/c8-7-2-1-5(4-10-7)6(11)3-9;/h1-2,4H,3,9H2;1H. The minimum atomic E-state index is -0.599. The molecule has 0 saturated heterocycles. The molecule has 0 aliphatic rings. The Bertz CT molecular complexity index is 263. The summed E-state index contributed by atoms with van der Waals surface area (Å²) in [4.78, 5) is 14.1. The van der Waals surface area contributed by atoms with Gasteiger partial charge in [0.25, 0.3) is 0 Å². The third-order valence-corrected chi connectivity index (χ3v) is 1.23. The molecule has 0 aromatic carbocycles. The van der Waals surface area contributed by atoms with E-state index in [0.717, 1.165) is 6.07 Å². The van der Waals surface area contributed by atoms with E-state index in [4.69, 9.17) is 5.73 Å².